The Morgan fingerprint density at radius 1 is 1.12 bits per heavy atom. The van der Waals surface area contributed by atoms with Gasteiger partial charge in [-0.1, -0.05) is 34.1 Å². The quantitative estimate of drug-likeness (QED) is 0.602. The molecule has 0 unspecified atom stereocenters. The van der Waals surface area contributed by atoms with Crippen molar-refractivity contribution in [3.8, 4) is 11.3 Å². The maximum absolute atomic E-state index is 12.0. The Kier molecular flexibility index (Phi) is 5.95. The first-order valence-electron chi connectivity index (χ1n) is 7.45. The van der Waals surface area contributed by atoms with Crippen molar-refractivity contribution >= 4 is 55.5 Å². The van der Waals surface area contributed by atoms with Crippen LogP contribution in [0.2, 0.25) is 0 Å². The predicted molar refractivity (Wildman–Crippen MR) is 105 cm³/mol. The minimum atomic E-state index is -0.178. The van der Waals surface area contributed by atoms with Gasteiger partial charge in [0.1, 0.15) is 0 Å². The summed E-state index contributed by atoms with van der Waals surface area (Å²) in [7, 11) is 0. The molecule has 2 amide bonds. The lowest BCUT2D eigenvalue weighted by atomic mass is 10.2. The fourth-order valence-corrected chi connectivity index (χ4v) is 3.69. The summed E-state index contributed by atoms with van der Waals surface area (Å²) in [5, 5.41) is 9.78. The molecule has 8 heteroatoms. The lowest BCUT2D eigenvalue weighted by Gasteiger charge is -2.03. The monoisotopic (exact) mass is 435 g/mol. The van der Waals surface area contributed by atoms with Crippen molar-refractivity contribution < 1.29 is 9.59 Å². The minimum Gasteiger partial charge on any atom is -0.351 e. The van der Waals surface area contributed by atoms with Gasteiger partial charge in [-0.3, -0.25) is 9.59 Å². The third-order valence-corrected chi connectivity index (χ3v) is 5.43. The predicted octanol–water partition coefficient (Wildman–Crippen LogP) is 4.39. The van der Waals surface area contributed by atoms with Crippen LogP contribution in [0.1, 0.15) is 16.1 Å². The number of amides is 2. The van der Waals surface area contributed by atoms with Gasteiger partial charge in [-0.25, -0.2) is 4.98 Å². The standard InChI is InChI=1S/C17H14BrN3O2S2/c18-12-5-3-11(4-6-12)13-10-25-17(20-13)21-15(22)7-8-19-16(23)14-2-1-9-24-14/h1-6,9-10H,7-8H2,(H,19,23)(H,20,21,22). The van der Waals surface area contributed by atoms with Crippen LogP contribution < -0.4 is 10.6 Å². The maximum Gasteiger partial charge on any atom is 0.261 e. The Morgan fingerprint density at radius 3 is 2.64 bits per heavy atom. The molecule has 128 valence electrons. The second-order valence-corrected chi connectivity index (χ2v) is 7.80. The second-order valence-electron chi connectivity index (χ2n) is 5.08. The second kappa shape index (κ2) is 8.37. The number of carbonyl (C=O) groups is 2. The summed E-state index contributed by atoms with van der Waals surface area (Å²) in [5.41, 5.74) is 1.81. The number of nitrogens with zero attached hydrogens (tertiary/aromatic N) is 1. The first-order valence-corrected chi connectivity index (χ1v) is 10.00. The van der Waals surface area contributed by atoms with Crippen LogP contribution >= 0.6 is 38.6 Å². The molecule has 2 aromatic heterocycles. The van der Waals surface area contributed by atoms with Crippen molar-refractivity contribution in [2.75, 3.05) is 11.9 Å². The molecular formula is C17H14BrN3O2S2. The SMILES string of the molecule is O=C(CCNC(=O)c1cccs1)Nc1nc(-c2ccc(Br)cc2)cs1. The Balaban J connectivity index is 1.48. The zero-order valence-electron chi connectivity index (χ0n) is 13.0. The van der Waals surface area contributed by atoms with Gasteiger partial charge < -0.3 is 10.6 Å². The van der Waals surface area contributed by atoms with Gasteiger partial charge in [-0.2, -0.15) is 0 Å². The highest BCUT2D eigenvalue weighted by Crippen LogP contribution is 2.26. The molecule has 2 N–H and O–H groups in total. The fourth-order valence-electron chi connectivity index (χ4n) is 2.05. The molecule has 0 saturated carbocycles. The van der Waals surface area contributed by atoms with E-state index in [1.165, 1.54) is 22.7 Å². The Bertz CT molecular complexity index is 860. The first-order chi connectivity index (χ1) is 12.1. The Hall–Kier alpha value is -2.03. The van der Waals surface area contributed by atoms with E-state index in [-0.39, 0.29) is 24.8 Å². The lowest BCUT2D eigenvalue weighted by molar-refractivity contribution is -0.116. The molecule has 0 radical (unpaired) electrons. The molecule has 25 heavy (non-hydrogen) atoms. The van der Waals surface area contributed by atoms with Crippen molar-refractivity contribution in [1.29, 1.82) is 0 Å². The molecule has 3 rings (SSSR count). The molecule has 0 spiro atoms. The van der Waals surface area contributed by atoms with Gasteiger partial charge in [0.05, 0.1) is 10.6 Å². The third-order valence-electron chi connectivity index (χ3n) is 3.27. The number of rotatable bonds is 6. The number of halogens is 1. The van der Waals surface area contributed by atoms with Crippen molar-refractivity contribution in [2.45, 2.75) is 6.42 Å². The van der Waals surface area contributed by atoms with E-state index in [0.29, 0.717) is 10.0 Å². The number of anilines is 1. The van der Waals surface area contributed by atoms with E-state index in [4.69, 9.17) is 0 Å². The van der Waals surface area contributed by atoms with Crippen molar-refractivity contribution in [1.82, 2.24) is 10.3 Å². The van der Waals surface area contributed by atoms with Crippen LogP contribution in [0.3, 0.4) is 0 Å². The third kappa shape index (κ3) is 4.97. The smallest absolute Gasteiger partial charge is 0.261 e. The number of thiazole rings is 1. The van der Waals surface area contributed by atoms with Gasteiger partial charge in [0, 0.05) is 28.4 Å². The summed E-state index contributed by atoms with van der Waals surface area (Å²) in [6.45, 7) is 0.285. The number of thiophene rings is 1. The molecule has 0 saturated heterocycles. The van der Waals surface area contributed by atoms with Gasteiger partial charge in [0.25, 0.3) is 5.91 Å². The van der Waals surface area contributed by atoms with E-state index in [9.17, 15) is 9.59 Å². The van der Waals surface area contributed by atoms with E-state index >= 15 is 0 Å². The molecule has 5 nitrogen and oxygen atoms in total. The zero-order valence-corrected chi connectivity index (χ0v) is 16.2. The summed E-state index contributed by atoms with van der Waals surface area (Å²) < 4.78 is 1.00. The highest BCUT2D eigenvalue weighted by atomic mass is 79.9. The summed E-state index contributed by atoms with van der Waals surface area (Å²) in [6, 6.07) is 11.4. The topological polar surface area (TPSA) is 71.1 Å². The van der Waals surface area contributed by atoms with Gasteiger partial charge in [-0.05, 0) is 23.6 Å². The summed E-state index contributed by atoms with van der Waals surface area (Å²) in [5.74, 6) is -0.335. The van der Waals surface area contributed by atoms with Crippen LogP contribution in [0.4, 0.5) is 5.13 Å². The number of hydrogen-bond donors (Lipinski definition) is 2. The van der Waals surface area contributed by atoms with Gasteiger partial charge in [0.15, 0.2) is 5.13 Å². The number of aromatic nitrogens is 1. The zero-order chi connectivity index (χ0) is 17.6. The van der Waals surface area contributed by atoms with E-state index in [1.807, 2.05) is 41.1 Å². The normalized spacial score (nSPS) is 10.4. The van der Waals surface area contributed by atoms with Crippen LogP contribution in [-0.4, -0.2) is 23.3 Å². The molecule has 0 aliphatic carbocycles. The van der Waals surface area contributed by atoms with Crippen LogP contribution in [0.15, 0.2) is 51.6 Å². The average molecular weight is 436 g/mol. The number of nitrogens with one attached hydrogen (secondary N) is 2. The molecule has 0 atom stereocenters. The minimum absolute atomic E-state index is 0.158. The van der Waals surface area contributed by atoms with E-state index in [2.05, 4.69) is 31.5 Å². The van der Waals surface area contributed by atoms with Gasteiger partial charge in [0.2, 0.25) is 5.91 Å². The fraction of sp³-hybridized carbons (Fsp3) is 0.118. The Labute approximate surface area is 161 Å². The van der Waals surface area contributed by atoms with Crippen LogP contribution in [-0.2, 0) is 4.79 Å². The first kappa shape index (κ1) is 17.8. The Morgan fingerprint density at radius 2 is 1.92 bits per heavy atom. The van der Waals surface area contributed by atoms with Crippen molar-refractivity contribution in [2.24, 2.45) is 0 Å². The van der Waals surface area contributed by atoms with Gasteiger partial charge in [-0.15, -0.1) is 22.7 Å². The van der Waals surface area contributed by atoms with Crippen molar-refractivity contribution in [3.63, 3.8) is 0 Å². The molecule has 0 aliphatic heterocycles. The molecule has 3 aromatic rings. The number of hydrogen-bond acceptors (Lipinski definition) is 5. The summed E-state index contributed by atoms with van der Waals surface area (Å²) in [4.78, 5) is 28.8. The maximum atomic E-state index is 12.0. The number of benzene rings is 1. The van der Waals surface area contributed by atoms with E-state index in [1.54, 1.807) is 6.07 Å². The van der Waals surface area contributed by atoms with Crippen LogP contribution in [0.25, 0.3) is 11.3 Å². The molecular weight excluding hydrogens is 422 g/mol. The molecule has 0 bridgehead atoms. The lowest BCUT2D eigenvalue weighted by Crippen LogP contribution is -2.27. The van der Waals surface area contributed by atoms with Gasteiger partial charge >= 0.3 is 0 Å². The van der Waals surface area contributed by atoms with E-state index < -0.39 is 0 Å². The average Bonchev–Trinajstić information content (AvgIpc) is 3.27. The molecule has 0 aliphatic rings. The highest BCUT2D eigenvalue weighted by Gasteiger charge is 2.10. The molecule has 1 aromatic carbocycles. The van der Waals surface area contributed by atoms with E-state index in [0.717, 1.165) is 15.7 Å². The number of carbonyl (C=O) groups excluding carboxylic acids is 2. The summed E-state index contributed by atoms with van der Waals surface area (Å²) >= 11 is 6.14. The van der Waals surface area contributed by atoms with Crippen LogP contribution in [0, 0.1) is 0 Å². The highest BCUT2D eigenvalue weighted by molar-refractivity contribution is 9.10. The molecule has 0 fully saturated rings. The summed E-state index contributed by atoms with van der Waals surface area (Å²) in [6.07, 6.45) is 0.199. The van der Waals surface area contributed by atoms with Crippen molar-refractivity contribution in [3.05, 3.63) is 56.5 Å². The molecule has 2 heterocycles. The largest absolute Gasteiger partial charge is 0.351 e. The van der Waals surface area contributed by atoms with Crippen LogP contribution in [0.5, 0.6) is 0 Å².